The number of primary amides is 1. The average molecular weight is 444 g/mol. The van der Waals surface area contributed by atoms with Crippen molar-refractivity contribution in [2.45, 2.75) is 14.4 Å². The monoisotopic (exact) mass is 444 g/mol. The van der Waals surface area contributed by atoms with E-state index >= 15 is 0 Å². The molecule has 0 aliphatic carbocycles. The van der Waals surface area contributed by atoms with Gasteiger partial charge in [0.1, 0.15) is 5.69 Å². The van der Waals surface area contributed by atoms with Gasteiger partial charge in [0.2, 0.25) is 24.3 Å². The normalized spacial score (nSPS) is 12.3. The number of nitrogens with two attached hydrogens (primary N) is 1. The third kappa shape index (κ3) is 4.42. The zero-order chi connectivity index (χ0) is 21.8. The fraction of sp³-hybridized carbons (Fsp3) is 0.0526. The number of nitrogens with zero attached hydrogens (tertiary/aromatic N) is 3. The maximum absolute atomic E-state index is 13.1. The van der Waals surface area contributed by atoms with Gasteiger partial charge in [-0.15, -0.1) is 0 Å². The lowest BCUT2D eigenvalue weighted by molar-refractivity contribution is 0.0995. The number of hydrogen-bond acceptors (Lipinski definition) is 8. The Kier molecular flexibility index (Phi) is 6.04. The fourth-order valence-electron chi connectivity index (χ4n) is 2.47. The van der Waals surface area contributed by atoms with E-state index in [9.17, 15) is 21.6 Å². The lowest BCUT2D eigenvalue weighted by Crippen LogP contribution is -2.32. The molecule has 1 aromatic heterocycles. The van der Waals surface area contributed by atoms with Crippen LogP contribution in [0.15, 0.2) is 87.8 Å². The predicted octanol–water partition coefficient (Wildman–Crippen LogP) is 1.55. The largest absolute Gasteiger partial charge is 0.364 e. The van der Waals surface area contributed by atoms with Crippen molar-refractivity contribution in [3.05, 3.63) is 78.8 Å². The lowest BCUT2D eigenvalue weighted by Gasteiger charge is -2.15. The number of carbonyl (C=O) groups is 1. The number of sulfone groups is 2. The van der Waals surface area contributed by atoms with E-state index in [2.05, 4.69) is 15.0 Å². The Morgan fingerprint density at radius 2 is 1.33 bits per heavy atom. The summed E-state index contributed by atoms with van der Waals surface area (Å²) in [5, 5.41) is 0. The molecule has 0 spiro atoms. The summed E-state index contributed by atoms with van der Waals surface area (Å²) in [4.78, 5) is 22.2. The van der Waals surface area contributed by atoms with Crippen LogP contribution >= 0.6 is 0 Å². The second kappa shape index (κ2) is 8.51. The molecule has 1 amide bonds. The molecule has 3 rings (SSSR count). The van der Waals surface area contributed by atoms with Crippen molar-refractivity contribution in [2.75, 3.05) is 0 Å². The van der Waals surface area contributed by atoms with Crippen molar-refractivity contribution in [3.8, 4) is 0 Å². The summed E-state index contributed by atoms with van der Waals surface area (Å²) in [6.45, 7) is 0. The average Bonchev–Trinajstić information content (AvgIpc) is 2.75. The Hall–Kier alpha value is -3.44. The maximum atomic E-state index is 13.1. The molecule has 2 aromatic carbocycles. The van der Waals surface area contributed by atoms with E-state index in [1.807, 2.05) is 0 Å². The van der Waals surface area contributed by atoms with Crippen molar-refractivity contribution in [2.24, 2.45) is 10.7 Å². The molecular weight excluding hydrogens is 428 g/mol. The molecule has 0 fully saturated rings. The SMILES string of the molecule is NC(=O)c1cnc(N=CC(S(=O)(=O)c2ccccc2)S(=O)(=O)c2ccccc2)cn1. The third-order valence-electron chi connectivity index (χ3n) is 3.97. The smallest absolute Gasteiger partial charge is 0.268 e. The van der Waals surface area contributed by atoms with Crippen molar-refractivity contribution >= 4 is 37.6 Å². The van der Waals surface area contributed by atoms with Gasteiger partial charge in [-0.1, -0.05) is 36.4 Å². The zero-order valence-electron chi connectivity index (χ0n) is 15.4. The Morgan fingerprint density at radius 3 is 1.73 bits per heavy atom. The highest BCUT2D eigenvalue weighted by Crippen LogP contribution is 2.25. The van der Waals surface area contributed by atoms with Gasteiger partial charge in [-0.25, -0.2) is 31.8 Å². The molecule has 0 atom stereocenters. The Balaban J connectivity index is 2.09. The number of carbonyl (C=O) groups excluding carboxylic acids is 1. The minimum Gasteiger partial charge on any atom is -0.364 e. The highest BCUT2D eigenvalue weighted by atomic mass is 32.3. The number of rotatable bonds is 7. The first-order chi connectivity index (χ1) is 14.2. The third-order valence-corrected chi connectivity index (χ3v) is 8.82. The van der Waals surface area contributed by atoms with E-state index in [-0.39, 0.29) is 21.3 Å². The molecule has 9 nitrogen and oxygen atoms in total. The van der Waals surface area contributed by atoms with Crippen molar-refractivity contribution in [1.29, 1.82) is 0 Å². The zero-order valence-corrected chi connectivity index (χ0v) is 17.0. The van der Waals surface area contributed by atoms with Gasteiger partial charge >= 0.3 is 0 Å². The first kappa shape index (κ1) is 21.3. The molecule has 11 heteroatoms. The van der Waals surface area contributed by atoms with Crippen LogP contribution in [-0.2, 0) is 19.7 Å². The molecule has 0 aliphatic heterocycles. The summed E-state index contributed by atoms with van der Waals surface area (Å²) in [6.07, 6.45) is 2.93. The first-order valence-corrected chi connectivity index (χ1v) is 11.6. The number of hydrogen-bond donors (Lipinski definition) is 1. The molecule has 0 radical (unpaired) electrons. The van der Waals surface area contributed by atoms with Gasteiger partial charge in [0.25, 0.3) is 5.91 Å². The molecule has 0 saturated heterocycles. The summed E-state index contributed by atoms with van der Waals surface area (Å²) < 4.78 is 50.6. The second-order valence-electron chi connectivity index (χ2n) is 5.99. The van der Waals surface area contributed by atoms with Gasteiger partial charge in [0.15, 0.2) is 5.82 Å². The standard InChI is InChI=1S/C19H16N4O5S2/c20-19(24)16-11-22-17(12-21-16)23-13-18(29(25,26)14-7-3-1-4-8-14)30(27,28)15-9-5-2-6-10-15/h1-13,18H,(H2,20,24). The highest BCUT2D eigenvalue weighted by molar-refractivity contribution is 8.10. The maximum Gasteiger partial charge on any atom is 0.268 e. The van der Waals surface area contributed by atoms with Crippen LogP contribution in [-0.4, -0.2) is 43.5 Å². The van der Waals surface area contributed by atoms with E-state index in [0.717, 1.165) is 18.6 Å². The predicted molar refractivity (Wildman–Crippen MR) is 110 cm³/mol. The number of benzene rings is 2. The molecule has 0 saturated carbocycles. The summed E-state index contributed by atoms with van der Waals surface area (Å²) >= 11 is 0. The summed E-state index contributed by atoms with van der Waals surface area (Å²) in [7, 11) is -8.72. The molecule has 3 aromatic rings. The number of aromatic nitrogens is 2. The second-order valence-corrected chi connectivity index (χ2v) is 10.4. The van der Waals surface area contributed by atoms with Crippen LogP contribution in [0.5, 0.6) is 0 Å². The molecule has 0 unspecified atom stereocenters. The minimum absolute atomic E-state index is 0.0866. The van der Waals surface area contributed by atoms with Crippen LogP contribution in [0.3, 0.4) is 0 Å². The minimum atomic E-state index is -4.36. The molecule has 0 aliphatic rings. The lowest BCUT2D eigenvalue weighted by atomic mass is 10.4. The number of amides is 1. The molecule has 2 N–H and O–H groups in total. The van der Waals surface area contributed by atoms with E-state index in [1.165, 1.54) is 48.5 Å². The summed E-state index contributed by atoms with van der Waals surface area (Å²) in [5.41, 5.74) is 4.98. The van der Waals surface area contributed by atoms with Crippen LogP contribution in [0.4, 0.5) is 5.82 Å². The van der Waals surface area contributed by atoms with Gasteiger partial charge in [-0.05, 0) is 24.3 Å². The molecular formula is C19H16N4O5S2. The van der Waals surface area contributed by atoms with Crippen LogP contribution in [0.1, 0.15) is 10.5 Å². The molecule has 154 valence electrons. The summed E-state index contributed by atoms with van der Waals surface area (Å²) in [5.74, 6) is -0.884. The molecule has 30 heavy (non-hydrogen) atoms. The highest BCUT2D eigenvalue weighted by Gasteiger charge is 2.38. The first-order valence-electron chi connectivity index (χ1n) is 8.47. The Morgan fingerprint density at radius 1 is 0.833 bits per heavy atom. The van der Waals surface area contributed by atoms with Gasteiger partial charge in [0.05, 0.1) is 22.2 Å². The van der Waals surface area contributed by atoms with Crippen LogP contribution in [0, 0.1) is 0 Å². The van der Waals surface area contributed by atoms with Gasteiger partial charge in [-0.2, -0.15) is 0 Å². The van der Waals surface area contributed by atoms with E-state index < -0.39 is 30.2 Å². The van der Waals surface area contributed by atoms with E-state index in [1.54, 1.807) is 12.1 Å². The summed E-state index contributed by atoms with van der Waals surface area (Å²) in [6, 6.07) is 14.4. The van der Waals surface area contributed by atoms with Gasteiger partial charge in [-0.3, -0.25) is 4.79 Å². The number of aliphatic imine (C=N–C) groups is 1. The van der Waals surface area contributed by atoms with Crippen LogP contribution in [0.25, 0.3) is 0 Å². The fourth-order valence-corrected chi connectivity index (χ4v) is 6.52. The van der Waals surface area contributed by atoms with Crippen molar-refractivity contribution < 1.29 is 21.6 Å². The molecule has 0 bridgehead atoms. The topological polar surface area (TPSA) is 150 Å². The van der Waals surface area contributed by atoms with Crippen LogP contribution < -0.4 is 5.73 Å². The molecule has 1 heterocycles. The van der Waals surface area contributed by atoms with E-state index in [4.69, 9.17) is 5.73 Å². The van der Waals surface area contributed by atoms with Crippen LogP contribution in [0.2, 0.25) is 0 Å². The Labute approximate surface area is 173 Å². The van der Waals surface area contributed by atoms with Gasteiger partial charge < -0.3 is 5.73 Å². The van der Waals surface area contributed by atoms with Crippen molar-refractivity contribution in [1.82, 2.24) is 9.97 Å². The van der Waals surface area contributed by atoms with Crippen molar-refractivity contribution in [3.63, 3.8) is 0 Å². The van der Waals surface area contributed by atoms with E-state index in [0.29, 0.717) is 0 Å². The Bertz CT molecular complexity index is 1210. The quantitative estimate of drug-likeness (QED) is 0.543. The van der Waals surface area contributed by atoms with Gasteiger partial charge in [0, 0.05) is 6.21 Å².